The molecule has 0 saturated heterocycles. The van der Waals surface area contributed by atoms with Crippen LogP contribution in [0.1, 0.15) is 30.7 Å². The SMILES string of the molecule is CCN(CC)c1ccc(Nc2nc(C)cc(Nc3cccc(C#N)c3)n2)c(C)c1. The molecule has 0 atom stereocenters. The summed E-state index contributed by atoms with van der Waals surface area (Å²) in [6.45, 7) is 10.3. The van der Waals surface area contributed by atoms with Crippen molar-refractivity contribution in [1.82, 2.24) is 9.97 Å². The summed E-state index contributed by atoms with van der Waals surface area (Å²) in [5.41, 5.74) is 5.58. The molecule has 29 heavy (non-hydrogen) atoms. The first-order valence-corrected chi connectivity index (χ1v) is 9.78. The van der Waals surface area contributed by atoms with Gasteiger partial charge in [0.1, 0.15) is 5.82 Å². The molecule has 0 radical (unpaired) electrons. The highest BCUT2D eigenvalue weighted by atomic mass is 15.1. The molecule has 148 valence electrons. The van der Waals surface area contributed by atoms with E-state index in [1.807, 2.05) is 25.1 Å². The number of anilines is 5. The topological polar surface area (TPSA) is 76.9 Å². The summed E-state index contributed by atoms with van der Waals surface area (Å²) in [5, 5.41) is 15.7. The number of benzene rings is 2. The predicted octanol–water partition coefficient (Wildman–Crippen LogP) is 5.30. The Bertz CT molecular complexity index is 1030. The lowest BCUT2D eigenvalue weighted by atomic mass is 10.1. The van der Waals surface area contributed by atoms with Crippen LogP contribution in [0.2, 0.25) is 0 Å². The zero-order chi connectivity index (χ0) is 20.8. The fourth-order valence-corrected chi connectivity index (χ4v) is 3.20. The highest BCUT2D eigenvalue weighted by Crippen LogP contribution is 2.25. The Hall–Kier alpha value is -3.59. The molecule has 1 heterocycles. The van der Waals surface area contributed by atoms with Gasteiger partial charge in [0.25, 0.3) is 0 Å². The summed E-state index contributed by atoms with van der Waals surface area (Å²) < 4.78 is 0. The van der Waals surface area contributed by atoms with E-state index in [0.29, 0.717) is 17.3 Å². The molecule has 0 spiro atoms. The number of rotatable bonds is 7. The second-order valence-electron chi connectivity index (χ2n) is 6.83. The van der Waals surface area contributed by atoms with E-state index in [-0.39, 0.29) is 0 Å². The summed E-state index contributed by atoms with van der Waals surface area (Å²) in [5.74, 6) is 1.20. The lowest BCUT2D eigenvalue weighted by Crippen LogP contribution is -2.21. The normalized spacial score (nSPS) is 10.3. The van der Waals surface area contributed by atoms with Gasteiger partial charge in [-0.25, -0.2) is 4.98 Å². The van der Waals surface area contributed by atoms with E-state index in [0.717, 1.165) is 35.7 Å². The maximum Gasteiger partial charge on any atom is 0.229 e. The van der Waals surface area contributed by atoms with E-state index in [1.54, 1.807) is 12.1 Å². The molecule has 2 N–H and O–H groups in total. The number of aromatic nitrogens is 2. The van der Waals surface area contributed by atoms with Gasteiger partial charge in [-0.2, -0.15) is 10.2 Å². The van der Waals surface area contributed by atoms with Crippen LogP contribution >= 0.6 is 0 Å². The Labute approximate surface area is 172 Å². The Morgan fingerprint density at radius 1 is 0.966 bits per heavy atom. The second-order valence-corrected chi connectivity index (χ2v) is 6.83. The minimum atomic E-state index is 0.530. The molecule has 0 aliphatic rings. The first-order chi connectivity index (χ1) is 14.0. The minimum absolute atomic E-state index is 0.530. The summed E-state index contributed by atoms with van der Waals surface area (Å²) in [6.07, 6.45) is 0. The molecule has 0 unspecified atom stereocenters. The van der Waals surface area contributed by atoms with Crippen LogP contribution in [-0.4, -0.2) is 23.1 Å². The molecule has 0 amide bonds. The van der Waals surface area contributed by atoms with E-state index in [1.165, 1.54) is 5.69 Å². The number of nitriles is 1. The molecule has 6 heteroatoms. The number of hydrogen-bond donors (Lipinski definition) is 2. The molecule has 0 bridgehead atoms. The number of hydrogen-bond acceptors (Lipinski definition) is 6. The van der Waals surface area contributed by atoms with E-state index in [9.17, 15) is 0 Å². The van der Waals surface area contributed by atoms with E-state index < -0.39 is 0 Å². The van der Waals surface area contributed by atoms with Crippen molar-refractivity contribution in [1.29, 1.82) is 5.26 Å². The van der Waals surface area contributed by atoms with Crippen molar-refractivity contribution in [2.24, 2.45) is 0 Å². The predicted molar refractivity (Wildman–Crippen MR) is 119 cm³/mol. The van der Waals surface area contributed by atoms with Crippen LogP contribution < -0.4 is 15.5 Å². The molecule has 6 nitrogen and oxygen atoms in total. The Balaban J connectivity index is 1.82. The number of aryl methyl sites for hydroxylation is 2. The maximum atomic E-state index is 9.08. The van der Waals surface area contributed by atoms with Crippen molar-refractivity contribution in [2.45, 2.75) is 27.7 Å². The Kier molecular flexibility index (Phi) is 6.30. The molecule has 0 aliphatic heterocycles. The van der Waals surface area contributed by atoms with Crippen LogP contribution in [0.15, 0.2) is 48.5 Å². The third kappa shape index (κ3) is 5.02. The molecule has 0 fully saturated rings. The molecule has 3 rings (SSSR count). The molecule has 3 aromatic rings. The highest BCUT2D eigenvalue weighted by Gasteiger charge is 2.08. The van der Waals surface area contributed by atoms with Crippen molar-refractivity contribution < 1.29 is 0 Å². The van der Waals surface area contributed by atoms with Gasteiger partial charge in [-0.05, 0) is 69.7 Å². The average Bonchev–Trinajstić information content (AvgIpc) is 2.70. The third-order valence-corrected chi connectivity index (χ3v) is 4.70. The van der Waals surface area contributed by atoms with Crippen molar-refractivity contribution in [3.8, 4) is 6.07 Å². The van der Waals surface area contributed by atoms with Gasteiger partial charge >= 0.3 is 0 Å². The van der Waals surface area contributed by atoms with Gasteiger partial charge in [0.2, 0.25) is 5.95 Å². The number of nitrogens with zero attached hydrogens (tertiary/aromatic N) is 4. The fraction of sp³-hybridized carbons (Fsp3) is 0.261. The summed E-state index contributed by atoms with van der Waals surface area (Å²) >= 11 is 0. The molecule has 0 aliphatic carbocycles. The monoisotopic (exact) mass is 386 g/mol. The van der Waals surface area contributed by atoms with Gasteiger partial charge in [-0.15, -0.1) is 0 Å². The average molecular weight is 387 g/mol. The first-order valence-electron chi connectivity index (χ1n) is 9.78. The van der Waals surface area contributed by atoms with Gasteiger partial charge in [-0.3, -0.25) is 0 Å². The maximum absolute atomic E-state index is 9.08. The van der Waals surface area contributed by atoms with E-state index in [4.69, 9.17) is 5.26 Å². The lowest BCUT2D eigenvalue weighted by Gasteiger charge is -2.22. The zero-order valence-corrected chi connectivity index (χ0v) is 17.3. The summed E-state index contributed by atoms with van der Waals surface area (Å²) in [6, 6.07) is 17.7. The van der Waals surface area contributed by atoms with Crippen LogP contribution in [0.25, 0.3) is 0 Å². The van der Waals surface area contributed by atoms with Gasteiger partial charge in [0.15, 0.2) is 0 Å². The van der Waals surface area contributed by atoms with Gasteiger partial charge in [0.05, 0.1) is 11.6 Å². The molecular weight excluding hydrogens is 360 g/mol. The molecule has 2 aromatic carbocycles. The van der Waals surface area contributed by atoms with Crippen LogP contribution in [0.4, 0.5) is 28.8 Å². The zero-order valence-electron chi connectivity index (χ0n) is 17.3. The van der Waals surface area contributed by atoms with Crippen molar-refractivity contribution >= 4 is 28.8 Å². The van der Waals surface area contributed by atoms with Crippen molar-refractivity contribution in [3.05, 3.63) is 65.4 Å². The Morgan fingerprint density at radius 2 is 1.76 bits per heavy atom. The van der Waals surface area contributed by atoms with Crippen LogP contribution in [0.5, 0.6) is 0 Å². The summed E-state index contributed by atoms with van der Waals surface area (Å²) in [4.78, 5) is 11.4. The van der Waals surface area contributed by atoms with Gasteiger partial charge in [-0.1, -0.05) is 6.07 Å². The van der Waals surface area contributed by atoms with Crippen LogP contribution in [0.3, 0.4) is 0 Å². The van der Waals surface area contributed by atoms with Crippen LogP contribution in [0, 0.1) is 25.2 Å². The fourth-order valence-electron chi connectivity index (χ4n) is 3.20. The van der Waals surface area contributed by atoms with Crippen molar-refractivity contribution in [3.63, 3.8) is 0 Å². The lowest BCUT2D eigenvalue weighted by molar-refractivity contribution is 0.866. The largest absolute Gasteiger partial charge is 0.372 e. The summed E-state index contributed by atoms with van der Waals surface area (Å²) in [7, 11) is 0. The quantitative estimate of drug-likeness (QED) is 0.574. The van der Waals surface area contributed by atoms with E-state index >= 15 is 0 Å². The van der Waals surface area contributed by atoms with E-state index in [2.05, 4.69) is 70.5 Å². The minimum Gasteiger partial charge on any atom is -0.372 e. The van der Waals surface area contributed by atoms with Gasteiger partial charge < -0.3 is 15.5 Å². The number of nitrogens with one attached hydrogen (secondary N) is 2. The standard InChI is InChI=1S/C23H26N6/c1-5-29(6-2)20-10-11-21(16(3)12-20)27-23-25-17(4)13-22(28-23)26-19-9-7-8-18(14-19)15-24/h7-14H,5-6H2,1-4H3,(H2,25,26,27,28). The first kappa shape index (κ1) is 20.2. The van der Waals surface area contributed by atoms with Crippen LogP contribution in [-0.2, 0) is 0 Å². The Morgan fingerprint density at radius 3 is 2.45 bits per heavy atom. The second kappa shape index (κ2) is 9.07. The molecule has 0 saturated carbocycles. The van der Waals surface area contributed by atoms with Gasteiger partial charge in [0, 0.05) is 41.9 Å². The smallest absolute Gasteiger partial charge is 0.229 e. The van der Waals surface area contributed by atoms with Crippen molar-refractivity contribution in [2.75, 3.05) is 28.6 Å². The molecular formula is C23H26N6. The highest BCUT2D eigenvalue weighted by molar-refractivity contribution is 5.66. The third-order valence-electron chi connectivity index (χ3n) is 4.70. The molecule has 1 aromatic heterocycles.